The van der Waals surface area contributed by atoms with E-state index in [1.807, 2.05) is 0 Å². The van der Waals surface area contributed by atoms with Crippen molar-refractivity contribution < 1.29 is 23.5 Å². The van der Waals surface area contributed by atoms with Crippen LogP contribution in [-0.2, 0) is 17.9 Å². The minimum absolute atomic E-state index is 0.0602. The molecule has 21 heavy (non-hydrogen) atoms. The van der Waals surface area contributed by atoms with Crippen molar-refractivity contribution >= 4 is 11.9 Å². The van der Waals surface area contributed by atoms with Crippen LogP contribution in [0.5, 0.6) is 0 Å². The van der Waals surface area contributed by atoms with E-state index in [0.29, 0.717) is 11.8 Å². The van der Waals surface area contributed by atoms with Crippen molar-refractivity contribution in [2.45, 2.75) is 13.1 Å². The number of rotatable bonds is 5. The van der Waals surface area contributed by atoms with Crippen molar-refractivity contribution in [3.63, 3.8) is 0 Å². The summed E-state index contributed by atoms with van der Waals surface area (Å²) in [6, 6.07) is 2.61. The van der Waals surface area contributed by atoms with Crippen LogP contribution in [0.1, 0.15) is 16.1 Å². The van der Waals surface area contributed by atoms with E-state index < -0.39 is 23.5 Å². The molecule has 1 aromatic carbocycles. The molecule has 0 bridgehead atoms. The van der Waals surface area contributed by atoms with Gasteiger partial charge in [-0.2, -0.15) is 0 Å². The highest BCUT2D eigenvalue weighted by Crippen LogP contribution is 2.09. The first-order valence-corrected chi connectivity index (χ1v) is 5.80. The highest BCUT2D eigenvalue weighted by Gasteiger charge is 2.13. The van der Waals surface area contributed by atoms with Gasteiger partial charge in [-0.05, 0) is 12.1 Å². The molecule has 9 heteroatoms. The lowest BCUT2D eigenvalue weighted by molar-refractivity contribution is -0.137. The molecule has 0 spiro atoms. The van der Waals surface area contributed by atoms with Crippen LogP contribution in [0.3, 0.4) is 0 Å². The molecule has 2 N–H and O–H groups in total. The van der Waals surface area contributed by atoms with E-state index in [1.165, 1.54) is 6.20 Å². The van der Waals surface area contributed by atoms with Gasteiger partial charge in [0.2, 0.25) is 0 Å². The van der Waals surface area contributed by atoms with Crippen molar-refractivity contribution in [3.05, 3.63) is 47.3 Å². The average Bonchev–Trinajstić information content (AvgIpc) is 2.82. The van der Waals surface area contributed by atoms with Crippen LogP contribution in [-0.4, -0.2) is 32.0 Å². The Bertz CT molecular complexity index is 687. The Hall–Kier alpha value is -2.84. The van der Waals surface area contributed by atoms with E-state index in [2.05, 4.69) is 15.6 Å². The summed E-state index contributed by atoms with van der Waals surface area (Å²) in [7, 11) is 0. The number of aliphatic carboxylic acids is 1. The molecule has 1 aromatic heterocycles. The van der Waals surface area contributed by atoms with Gasteiger partial charge in [-0.25, -0.2) is 13.5 Å². The fraction of sp³-hybridized carbons (Fsp3) is 0.167. The van der Waals surface area contributed by atoms with Crippen LogP contribution in [0, 0.1) is 11.6 Å². The van der Waals surface area contributed by atoms with Gasteiger partial charge in [-0.1, -0.05) is 5.21 Å². The third kappa shape index (κ3) is 3.81. The summed E-state index contributed by atoms with van der Waals surface area (Å²) in [4.78, 5) is 22.2. The summed E-state index contributed by atoms with van der Waals surface area (Å²) in [5, 5.41) is 18.1. The standard InChI is InChI=1S/C12H10F2N4O3/c13-7-1-2-9(10(14)3-7)12(21)15-4-8-5-18(17-16-8)6-11(19)20/h1-3,5H,4,6H2,(H,15,21)(H,19,20). The second kappa shape index (κ2) is 6.07. The monoisotopic (exact) mass is 296 g/mol. The average molecular weight is 296 g/mol. The molecule has 0 fully saturated rings. The number of carbonyl (C=O) groups is 2. The maximum atomic E-state index is 13.4. The second-order valence-electron chi connectivity index (χ2n) is 4.11. The van der Waals surface area contributed by atoms with Gasteiger partial charge in [-0.15, -0.1) is 5.10 Å². The molecule has 7 nitrogen and oxygen atoms in total. The molecule has 0 aliphatic rings. The number of carbonyl (C=O) groups excluding carboxylic acids is 1. The molecule has 1 heterocycles. The van der Waals surface area contributed by atoms with E-state index in [0.717, 1.165) is 16.8 Å². The van der Waals surface area contributed by atoms with E-state index in [-0.39, 0.29) is 18.7 Å². The zero-order valence-electron chi connectivity index (χ0n) is 10.6. The molecule has 0 unspecified atom stereocenters. The molecule has 2 aromatic rings. The largest absolute Gasteiger partial charge is 0.480 e. The Morgan fingerprint density at radius 3 is 2.76 bits per heavy atom. The molecule has 0 saturated heterocycles. The number of benzene rings is 1. The van der Waals surface area contributed by atoms with Gasteiger partial charge in [0.1, 0.15) is 23.9 Å². The second-order valence-corrected chi connectivity index (χ2v) is 4.11. The SMILES string of the molecule is O=C(O)Cn1cc(CNC(=O)c2ccc(F)cc2F)nn1. The van der Waals surface area contributed by atoms with Gasteiger partial charge in [0, 0.05) is 6.07 Å². The molecule has 2 rings (SSSR count). The molecular weight excluding hydrogens is 286 g/mol. The molecule has 0 saturated carbocycles. The number of nitrogens with zero attached hydrogens (tertiary/aromatic N) is 3. The summed E-state index contributed by atoms with van der Waals surface area (Å²) in [6.07, 6.45) is 1.34. The highest BCUT2D eigenvalue weighted by atomic mass is 19.1. The number of hydrogen-bond acceptors (Lipinski definition) is 4. The fourth-order valence-electron chi connectivity index (χ4n) is 1.58. The lowest BCUT2D eigenvalue weighted by atomic mass is 10.2. The summed E-state index contributed by atoms with van der Waals surface area (Å²) >= 11 is 0. The van der Waals surface area contributed by atoms with Crippen LogP contribution >= 0.6 is 0 Å². The zero-order valence-corrected chi connectivity index (χ0v) is 10.6. The van der Waals surface area contributed by atoms with Gasteiger partial charge in [0.15, 0.2) is 0 Å². The number of carboxylic acids is 1. The third-order valence-electron chi connectivity index (χ3n) is 2.49. The fourth-order valence-corrected chi connectivity index (χ4v) is 1.58. The van der Waals surface area contributed by atoms with E-state index in [9.17, 15) is 18.4 Å². The maximum Gasteiger partial charge on any atom is 0.325 e. The Balaban J connectivity index is 1.97. The number of nitrogens with one attached hydrogen (secondary N) is 1. The van der Waals surface area contributed by atoms with Crippen molar-refractivity contribution in [3.8, 4) is 0 Å². The molecule has 0 radical (unpaired) electrons. The quantitative estimate of drug-likeness (QED) is 0.840. The number of carboxylic acid groups (broad SMARTS) is 1. The molecule has 110 valence electrons. The molecule has 0 aliphatic heterocycles. The first-order chi connectivity index (χ1) is 9.95. The van der Waals surface area contributed by atoms with Crippen LogP contribution in [0.25, 0.3) is 0 Å². The number of hydrogen-bond donors (Lipinski definition) is 2. The predicted molar refractivity (Wildman–Crippen MR) is 65.2 cm³/mol. The topological polar surface area (TPSA) is 97.1 Å². The lowest BCUT2D eigenvalue weighted by Gasteiger charge is -2.04. The Kier molecular flexibility index (Phi) is 4.21. The minimum Gasteiger partial charge on any atom is -0.480 e. The van der Waals surface area contributed by atoms with Gasteiger partial charge < -0.3 is 10.4 Å². The predicted octanol–water partition coefficient (Wildman–Crippen LogP) is 0.571. The van der Waals surface area contributed by atoms with Gasteiger partial charge in [-0.3, -0.25) is 9.59 Å². The van der Waals surface area contributed by atoms with E-state index in [1.54, 1.807) is 0 Å². The number of aromatic nitrogens is 3. The van der Waals surface area contributed by atoms with Crippen LogP contribution in [0.15, 0.2) is 24.4 Å². The number of halogens is 2. The van der Waals surface area contributed by atoms with Gasteiger partial charge in [0.05, 0.1) is 18.3 Å². The maximum absolute atomic E-state index is 13.4. The Labute approximate surface area is 117 Å². The van der Waals surface area contributed by atoms with Crippen molar-refractivity contribution in [2.75, 3.05) is 0 Å². The van der Waals surface area contributed by atoms with Crippen LogP contribution in [0.4, 0.5) is 8.78 Å². The Morgan fingerprint density at radius 1 is 1.33 bits per heavy atom. The van der Waals surface area contributed by atoms with Crippen LogP contribution < -0.4 is 5.32 Å². The van der Waals surface area contributed by atoms with E-state index >= 15 is 0 Å². The first kappa shape index (κ1) is 14.6. The number of amides is 1. The summed E-state index contributed by atoms with van der Waals surface area (Å²) in [5.74, 6) is -3.56. The van der Waals surface area contributed by atoms with Crippen LogP contribution in [0.2, 0.25) is 0 Å². The molecule has 0 atom stereocenters. The van der Waals surface area contributed by atoms with Crippen molar-refractivity contribution in [2.24, 2.45) is 0 Å². The smallest absolute Gasteiger partial charge is 0.325 e. The van der Waals surface area contributed by atoms with Crippen molar-refractivity contribution in [1.29, 1.82) is 0 Å². The Morgan fingerprint density at radius 2 is 2.10 bits per heavy atom. The first-order valence-electron chi connectivity index (χ1n) is 5.80. The molecule has 1 amide bonds. The zero-order chi connectivity index (χ0) is 15.4. The highest BCUT2D eigenvalue weighted by molar-refractivity contribution is 5.94. The molecule has 0 aliphatic carbocycles. The summed E-state index contributed by atoms with van der Waals surface area (Å²) < 4.78 is 27.2. The lowest BCUT2D eigenvalue weighted by Crippen LogP contribution is -2.24. The normalized spacial score (nSPS) is 10.4. The van der Waals surface area contributed by atoms with Crippen molar-refractivity contribution in [1.82, 2.24) is 20.3 Å². The minimum atomic E-state index is -1.08. The summed E-state index contributed by atoms with van der Waals surface area (Å²) in [5.41, 5.74) is 0.0152. The van der Waals surface area contributed by atoms with Gasteiger partial charge >= 0.3 is 5.97 Å². The third-order valence-corrected chi connectivity index (χ3v) is 2.49. The van der Waals surface area contributed by atoms with Gasteiger partial charge in [0.25, 0.3) is 5.91 Å². The van der Waals surface area contributed by atoms with E-state index in [4.69, 9.17) is 5.11 Å². The summed E-state index contributed by atoms with van der Waals surface area (Å²) in [6.45, 7) is -0.414. The molecular formula is C12H10F2N4O3.